The number of carboxylic acids is 1. The van der Waals surface area contributed by atoms with Crippen LogP contribution in [-0.2, 0) is 9.59 Å². The first-order valence-electron chi connectivity index (χ1n) is 8.33. The summed E-state index contributed by atoms with van der Waals surface area (Å²) in [4.78, 5) is 24.3. The summed E-state index contributed by atoms with van der Waals surface area (Å²) < 4.78 is 0. The number of nitrogens with zero attached hydrogens (tertiary/aromatic N) is 4. The zero-order chi connectivity index (χ0) is 18.2. The number of unbranched alkanes of at least 4 members (excludes halogenated alkanes) is 1. The summed E-state index contributed by atoms with van der Waals surface area (Å²) in [6.45, 7) is 4.26. The van der Waals surface area contributed by atoms with Crippen LogP contribution in [0.2, 0.25) is 0 Å². The smallest absolute Gasteiger partial charge is 0.303 e. The summed E-state index contributed by atoms with van der Waals surface area (Å²) in [5, 5.41) is 23.9. The van der Waals surface area contributed by atoms with E-state index in [4.69, 9.17) is 5.11 Å². The fraction of sp³-hybridized carbons (Fsp3) is 0.471. The van der Waals surface area contributed by atoms with E-state index in [0.29, 0.717) is 25.2 Å². The maximum Gasteiger partial charge on any atom is 0.303 e. The summed E-state index contributed by atoms with van der Waals surface area (Å²) in [6, 6.07) is 8.88. The number of carbonyl (C=O) groups excluding carboxylic acids is 1. The highest BCUT2D eigenvalue weighted by molar-refractivity contribution is 5.80. The minimum atomic E-state index is -0.827. The molecule has 1 aromatic heterocycles. The van der Waals surface area contributed by atoms with Gasteiger partial charge in [0.15, 0.2) is 6.04 Å². The SMILES string of the molecule is CC(C)C(C(=O)NCCCCC(=O)O)n1nnc(-c2ccccc2)n1. The fourth-order valence-corrected chi connectivity index (χ4v) is 2.44. The summed E-state index contributed by atoms with van der Waals surface area (Å²) in [7, 11) is 0. The van der Waals surface area contributed by atoms with E-state index in [1.807, 2.05) is 44.2 Å². The molecule has 1 heterocycles. The zero-order valence-corrected chi connectivity index (χ0v) is 14.4. The minimum absolute atomic E-state index is 0.0168. The van der Waals surface area contributed by atoms with Crippen LogP contribution in [0.4, 0.5) is 0 Å². The average Bonchev–Trinajstić information content (AvgIpc) is 3.04. The molecular weight excluding hydrogens is 322 g/mol. The first-order chi connectivity index (χ1) is 12.0. The van der Waals surface area contributed by atoms with Gasteiger partial charge in [-0.2, -0.15) is 4.80 Å². The van der Waals surface area contributed by atoms with Gasteiger partial charge in [0.1, 0.15) is 0 Å². The van der Waals surface area contributed by atoms with Crippen LogP contribution in [0.25, 0.3) is 11.4 Å². The van der Waals surface area contributed by atoms with Gasteiger partial charge in [-0.3, -0.25) is 9.59 Å². The molecule has 0 saturated carbocycles. The molecule has 8 heteroatoms. The molecule has 0 saturated heterocycles. The van der Waals surface area contributed by atoms with Crippen molar-refractivity contribution in [2.45, 2.75) is 39.2 Å². The van der Waals surface area contributed by atoms with Crippen molar-refractivity contribution in [1.82, 2.24) is 25.5 Å². The van der Waals surface area contributed by atoms with Crippen LogP contribution in [0.15, 0.2) is 30.3 Å². The molecule has 0 aliphatic carbocycles. The van der Waals surface area contributed by atoms with Gasteiger partial charge in [0.05, 0.1) is 0 Å². The molecule has 0 fully saturated rings. The maximum atomic E-state index is 12.5. The largest absolute Gasteiger partial charge is 0.481 e. The third kappa shape index (κ3) is 5.37. The van der Waals surface area contributed by atoms with Gasteiger partial charge in [-0.25, -0.2) is 0 Å². The van der Waals surface area contributed by atoms with Crippen LogP contribution in [0.1, 0.15) is 39.2 Å². The predicted octanol–water partition coefficient (Wildman–Crippen LogP) is 1.91. The Balaban J connectivity index is 1.99. The molecule has 2 N–H and O–H groups in total. The Kier molecular flexibility index (Phi) is 6.62. The van der Waals surface area contributed by atoms with Gasteiger partial charge in [-0.1, -0.05) is 44.2 Å². The van der Waals surface area contributed by atoms with Crippen molar-refractivity contribution in [2.75, 3.05) is 6.54 Å². The van der Waals surface area contributed by atoms with Gasteiger partial charge < -0.3 is 10.4 Å². The van der Waals surface area contributed by atoms with Crippen LogP contribution in [0.3, 0.4) is 0 Å². The standard InChI is InChI=1S/C17H23N5O3/c1-12(2)15(17(25)18-11-7-6-10-14(23)24)22-20-16(19-21-22)13-8-4-3-5-9-13/h3-5,8-9,12,15H,6-7,10-11H2,1-2H3,(H,18,25)(H,23,24). The van der Waals surface area contributed by atoms with Gasteiger partial charge in [0.2, 0.25) is 11.7 Å². The monoisotopic (exact) mass is 345 g/mol. The van der Waals surface area contributed by atoms with E-state index < -0.39 is 12.0 Å². The molecule has 2 aromatic rings. The van der Waals surface area contributed by atoms with Crippen molar-refractivity contribution in [1.29, 1.82) is 0 Å². The van der Waals surface area contributed by atoms with Crippen molar-refractivity contribution in [3.63, 3.8) is 0 Å². The number of tetrazole rings is 1. The number of hydrogen-bond acceptors (Lipinski definition) is 5. The molecule has 1 amide bonds. The minimum Gasteiger partial charge on any atom is -0.481 e. The van der Waals surface area contributed by atoms with E-state index in [2.05, 4.69) is 20.7 Å². The van der Waals surface area contributed by atoms with Crippen LogP contribution < -0.4 is 5.32 Å². The molecule has 2 rings (SSSR count). The van der Waals surface area contributed by atoms with Crippen molar-refractivity contribution in [2.24, 2.45) is 5.92 Å². The van der Waals surface area contributed by atoms with Crippen molar-refractivity contribution in [3.05, 3.63) is 30.3 Å². The number of nitrogens with one attached hydrogen (secondary N) is 1. The van der Waals surface area contributed by atoms with E-state index in [1.165, 1.54) is 4.80 Å². The van der Waals surface area contributed by atoms with E-state index in [1.54, 1.807) is 0 Å². The van der Waals surface area contributed by atoms with Crippen LogP contribution >= 0.6 is 0 Å². The summed E-state index contributed by atoms with van der Waals surface area (Å²) in [6.07, 6.45) is 1.25. The van der Waals surface area contributed by atoms with Crippen LogP contribution in [0.5, 0.6) is 0 Å². The lowest BCUT2D eigenvalue weighted by Gasteiger charge is -2.18. The number of aliphatic carboxylic acids is 1. The molecule has 0 spiro atoms. The van der Waals surface area contributed by atoms with Gasteiger partial charge in [-0.05, 0) is 24.0 Å². The Morgan fingerprint density at radius 3 is 2.56 bits per heavy atom. The molecule has 8 nitrogen and oxygen atoms in total. The number of benzene rings is 1. The van der Waals surface area contributed by atoms with E-state index >= 15 is 0 Å². The number of carbonyl (C=O) groups is 2. The van der Waals surface area contributed by atoms with E-state index in [9.17, 15) is 9.59 Å². The molecule has 1 unspecified atom stereocenters. The van der Waals surface area contributed by atoms with E-state index in [-0.39, 0.29) is 18.2 Å². The highest BCUT2D eigenvalue weighted by atomic mass is 16.4. The normalized spacial score (nSPS) is 12.1. The van der Waals surface area contributed by atoms with Crippen LogP contribution in [-0.4, -0.2) is 43.7 Å². The topological polar surface area (TPSA) is 110 Å². The lowest BCUT2D eigenvalue weighted by Crippen LogP contribution is -2.37. The Hall–Kier alpha value is -2.77. The highest BCUT2D eigenvalue weighted by Gasteiger charge is 2.26. The molecule has 134 valence electrons. The van der Waals surface area contributed by atoms with Gasteiger partial charge in [0.25, 0.3) is 0 Å². The lowest BCUT2D eigenvalue weighted by atomic mass is 10.0. The Labute approximate surface area is 146 Å². The first-order valence-corrected chi connectivity index (χ1v) is 8.33. The Morgan fingerprint density at radius 2 is 1.92 bits per heavy atom. The highest BCUT2D eigenvalue weighted by Crippen LogP contribution is 2.18. The quantitative estimate of drug-likeness (QED) is 0.672. The van der Waals surface area contributed by atoms with E-state index in [0.717, 1.165) is 5.56 Å². The summed E-state index contributed by atoms with van der Waals surface area (Å²) in [5.74, 6) is -0.564. The second-order valence-corrected chi connectivity index (χ2v) is 6.13. The number of rotatable bonds is 9. The molecule has 25 heavy (non-hydrogen) atoms. The van der Waals surface area contributed by atoms with Crippen molar-refractivity contribution >= 4 is 11.9 Å². The summed E-state index contributed by atoms with van der Waals surface area (Å²) >= 11 is 0. The zero-order valence-electron chi connectivity index (χ0n) is 14.4. The number of hydrogen-bond donors (Lipinski definition) is 2. The van der Waals surface area contributed by atoms with Gasteiger partial charge in [-0.15, -0.1) is 10.2 Å². The first kappa shape index (κ1) is 18.6. The van der Waals surface area contributed by atoms with Crippen molar-refractivity contribution in [3.8, 4) is 11.4 Å². The lowest BCUT2D eigenvalue weighted by molar-refractivity contribution is -0.137. The second kappa shape index (κ2) is 8.91. The number of carboxylic acid groups (broad SMARTS) is 1. The average molecular weight is 345 g/mol. The number of aromatic nitrogens is 4. The third-order valence-electron chi connectivity index (χ3n) is 3.73. The maximum absolute atomic E-state index is 12.5. The molecule has 0 bridgehead atoms. The van der Waals surface area contributed by atoms with Gasteiger partial charge >= 0.3 is 5.97 Å². The molecule has 0 aliphatic heterocycles. The predicted molar refractivity (Wildman–Crippen MR) is 91.6 cm³/mol. The fourth-order valence-electron chi connectivity index (χ4n) is 2.44. The van der Waals surface area contributed by atoms with Gasteiger partial charge in [0, 0.05) is 18.5 Å². The molecular formula is C17H23N5O3. The van der Waals surface area contributed by atoms with Crippen molar-refractivity contribution < 1.29 is 14.7 Å². The second-order valence-electron chi connectivity index (χ2n) is 6.13. The third-order valence-corrected chi connectivity index (χ3v) is 3.73. The summed E-state index contributed by atoms with van der Waals surface area (Å²) in [5.41, 5.74) is 0.838. The number of amides is 1. The Morgan fingerprint density at radius 1 is 1.20 bits per heavy atom. The molecule has 1 aromatic carbocycles. The van der Waals surface area contributed by atoms with Crippen LogP contribution in [0, 0.1) is 5.92 Å². The molecule has 0 radical (unpaired) electrons. The Bertz CT molecular complexity index is 699. The molecule has 1 atom stereocenters. The molecule has 0 aliphatic rings.